The van der Waals surface area contributed by atoms with Gasteiger partial charge < -0.3 is 9.30 Å². The number of hydrogen-bond acceptors (Lipinski definition) is 5. The standard InChI is InChI=1S/C14H17N3O4/c1-8-6-10(9(2)17(8)3)12(18)7-21-14(20)11-4-5-13(19)16-15-11/h6H,4-5,7H2,1-3H3,(H,16,19). The van der Waals surface area contributed by atoms with Gasteiger partial charge in [0.05, 0.1) is 0 Å². The van der Waals surface area contributed by atoms with Crippen LogP contribution in [0.5, 0.6) is 0 Å². The van der Waals surface area contributed by atoms with Gasteiger partial charge in [-0.15, -0.1) is 0 Å². The molecule has 1 amide bonds. The first-order valence-corrected chi connectivity index (χ1v) is 6.58. The van der Waals surface area contributed by atoms with E-state index >= 15 is 0 Å². The molecule has 112 valence electrons. The number of hydrogen-bond donors (Lipinski definition) is 1. The van der Waals surface area contributed by atoms with Crippen LogP contribution in [0.4, 0.5) is 0 Å². The van der Waals surface area contributed by atoms with Crippen molar-refractivity contribution in [2.24, 2.45) is 12.1 Å². The lowest BCUT2D eigenvalue weighted by Gasteiger charge is -2.11. The van der Waals surface area contributed by atoms with Crippen LogP contribution in [0.15, 0.2) is 11.2 Å². The molecule has 1 aromatic heterocycles. The first-order chi connectivity index (χ1) is 9.90. The monoisotopic (exact) mass is 291 g/mol. The van der Waals surface area contributed by atoms with E-state index in [4.69, 9.17) is 4.74 Å². The third-order valence-corrected chi connectivity index (χ3v) is 3.55. The fourth-order valence-corrected chi connectivity index (χ4v) is 2.05. The van der Waals surface area contributed by atoms with E-state index in [1.165, 1.54) is 0 Å². The molecule has 0 radical (unpaired) electrons. The smallest absolute Gasteiger partial charge is 0.354 e. The fourth-order valence-electron chi connectivity index (χ4n) is 2.05. The maximum atomic E-state index is 12.1. The van der Waals surface area contributed by atoms with Gasteiger partial charge in [-0.05, 0) is 19.9 Å². The summed E-state index contributed by atoms with van der Waals surface area (Å²) < 4.78 is 6.86. The molecule has 0 unspecified atom stereocenters. The first-order valence-electron chi connectivity index (χ1n) is 6.58. The zero-order chi connectivity index (χ0) is 15.6. The van der Waals surface area contributed by atoms with Crippen molar-refractivity contribution in [2.45, 2.75) is 26.7 Å². The number of ether oxygens (including phenoxy) is 1. The van der Waals surface area contributed by atoms with Gasteiger partial charge in [-0.1, -0.05) is 0 Å². The molecule has 7 nitrogen and oxygen atoms in total. The number of aryl methyl sites for hydroxylation is 1. The predicted molar refractivity (Wildman–Crippen MR) is 75.0 cm³/mol. The van der Waals surface area contributed by atoms with Gasteiger partial charge in [0.2, 0.25) is 11.7 Å². The zero-order valence-corrected chi connectivity index (χ0v) is 12.2. The van der Waals surface area contributed by atoms with Gasteiger partial charge in [0.15, 0.2) is 6.61 Å². The van der Waals surface area contributed by atoms with Crippen LogP contribution in [0.2, 0.25) is 0 Å². The van der Waals surface area contributed by atoms with Crippen LogP contribution in [0, 0.1) is 13.8 Å². The first kappa shape index (κ1) is 15.0. The van der Waals surface area contributed by atoms with E-state index in [2.05, 4.69) is 10.5 Å². The molecule has 7 heteroatoms. The van der Waals surface area contributed by atoms with E-state index in [-0.39, 0.29) is 36.9 Å². The van der Waals surface area contributed by atoms with Crippen LogP contribution >= 0.6 is 0 Å². The summed E-state index contributed by atoms with van der Waals surface area (Å²) in [4.78, 5) is 34.7. The van der Waals surface area contributed by atoms with E-state index in [0.29, 0.717) is 5.56 Å². The van der Waals surface area contributed by atoms with E-state index < -0.39 is 5.97 Å². The summed E-state index contributed by atoms with van der Waals surface area (Å²) >= 11 is 0. The van der Waals surface area contributed by atoms with E-state index in [9.17, 15) is 14.4 Å². The normalized spacial score (nSPS) is 14.4. The van der Waals surface area contributed by atoms with Crippen LogP contribution in [0.3, 0.4) is 0 Å². The van der Waals surface area contributed by atoms with Gasteiger partial charge >= 0.3 is 5.97 Å². The highest BCUT2D eigenvalue weighted by Gasteiger charge is 2.21. The molecule has 0 bridgehead atoms. The van der Waals surface area contributed by atoms with Crippen molar-refractivity contribution in [3.8, 4) is 0 Å². The second-order valence-electron chi connectivity index (χ2n) is 4.94. The number of esters is 1. The maximum Gasteiger partial charge on any atom is 0.354 e. The van der Waals surface area contributed by atoms with Crippen molar-refractivity contribution in [3.63, 3.8) is 0 Å². The molecule has 1 aliphatic rings. The molecule has 2 rings (SSSR count). The lowest BCUT2D eigenvalue weighted by atomic mass is 10.1. The predicted octanol–water partition coefficient (Wildman–Crippen LogP) is 0.634. The van der Waals surface area contributed by atoms with Gasteiger partial charge in [0, 0.05) is 36.8 Å². The molecule has 0 spiro atoms. The molecular weight excluding hydrogens is 274 g/mol. The Bertz CT molecular complexity index is 643. The average molecular weight is 291 g/mol. The van der Waals surface area contributed by atoms with Crippen molar-refractivity contribution in [1.29, 1.82) is 0 Å². The van der Waals surface area contributed by atoms with Crippen LogP contribution in [-0.2, 0) is 21.4 Å². The van der Waals surface area contributed by atoms with Gasteiger partial charge in [-0.3, -0.25) is 9.59 Å². The van der Waals surface area contributed by atoms with Gasteiger partial charge in [-0.25, -0.2) is 10.2 Å². The number of aromatic nitrogens is 1. The summed E-state index contributed by atoms with van der Waals surface area (Å²) in [5, 5.41) is 3.62. The van der Waals surface area contributed by atoms with Gasteiger partial charge in [0.25, 0.3) is 0 Å². The Morgan fingerprint density at radius 3 is 2.62 bits per heavy atom. The highest BCUT2D eigenvalue weighted by molar-refractivity contribution is 6.37. The summed E-state index contributed by atoms with van der Waals surface area (Å²) in [5.41, 5.74) is 4.67. The quantitative estimate of drug-likeness (QED) is 0.651. The average Bonchev–Trinajstić information content (AvgIpc) is 2.73. The Balaban J connectivity index is 1.96. The highest BCUT2D eigenvalue weighted by Crippen LogP contribution is 2.14. The Hall–Kier alpha value is -2.44. The number of rotatable bonds is 4. The number of ketones is 1. The number of carbonyl (C=O) groups excluding carboxylic acids is 3. The Morgan fingerprint density at radius 1 is 1.38 bits per heavy atom. The maximum absolute atomic E-state index is 12.1. The SMILES string of the molecule is Cc1cc(C(=O)COC(=O)C2=NNC(=O)CC2)c(C)n1C. The van der Waals surface area contributed by atoms with Crippen LogP contribution in [0.1, 0.15) is 34.6 Å². The van der Waals surface area contributed by atoms with E-state index in [1.807, 2.05) is 25.5 Å². The minimum atomic E-state index is -0.673. The topological polar surface area (TPSA) is 89.8 Å². The fraction of sp³-hybridized carbons (Fsp3) is 0.429. The summed E-state index contributed by atoms with van der Waals surface area (Å²) in [7, 11) is 1.87. The van der Waals surface area contributed by atoms with Crippen molar-refractivity contribution in [2.75, 3.05) is 6.61 Å². The second-order valence-corrected chi connectivity index (χ2v) is 4.94. The molecule has 0 aliphatic carbocycles. The van der Waals surface area contributed by atoms with Crippen LogP contribution in [0.25, 0.3) is 0 Å². The van der Waals surface area contributed by atoms with E-state index in [0.717, 1.165) is 11.4 Å². The minimum absolute atomic E-state index is 0.128. The summed E-state index contributed by atoms with van der Waals surface area (Å²) in [6.07, 6.45) is 0.418. The number of Topliss-reactive ketones (excluding diaryl/α,β-unsaturated/α-hetero) is 1. The lowest BCUT2D eigenvalue weighted by Crippen LogP contribution is -2.31. The van der Waals surface area contributed by atoms with Gasteiger partial charge in [0.1, 0.15) is 5.71 Å². The summed E-state index contributed by atoms with van der Waals surface area (Å²) in [6.45, 7) is 3.40. The molecule has 0 aromatic carbocycles. The number of hydrazone groups is 1. The molecule has 21 heavy (non-hydrogen) atoms. The van der Waals surface area contributed by atoms with Crippen LogP contribution < -0.4 is 5.43 Å². The summed E-state index contributed by atoms with van der Waals surface area (Å²) in [6, 6.07) is 1.77. The third-order valence-electron chi connectivity index (χ3n) is 3.55. The number of carbonyl (C=O) groups is 3. The minimum Gasteiger partial charge on any atom is -0.453 e. The molecule has 1 N–H and O–H groups in total. The van der Waals surface area contributed by atoms with E-state index in [1.54, 1.807) is 6.07 Å². The molecular formula is C14H17N3O4. The van der Waals surface area contributed by atoms with Gasteiger partial charge in [-0.2, -0.15) is 5.10 Å². The largest absolute Gasteiger partial charge is 0.453 e. The number of nitrogens with one attached hydrogen (secondary N) is 1. The molecule has 0 saturated carbocycles. The molecule has 1 aromatic rings. The summed E-state index contributed by atoms with van der Waals surface area (Å²) in [5.74, 6) is -1.17. The van der Waals surface area contributed by atoms with Crippen molar-refractivity contribution >= 4 is 23.4 Å². The van der Waals surface area contributed by atoms with Crippen molar-refractivity contribution in [1.82, 2.24) is 9.99 Å². The number of amides is 1. The Morgan fingerprint density at radius 2 is 2.10 bits per heavy atom. The molecule has 1 aliphatic heterocycles. The molecule has 0 fully saturated rings. The van der Waals surface area contributed by atoms with Crippen LogP contribution in [-0.4, -0.2) is 34.5 Å². The second kappa shape index (κ2) is 5.90. The highest BCUT2D eigenvalue weighted by atomic mass is 16.5. The molecule has 0 atom stereocenters. The Kier molecular flexibility index (Phi) is 4.21. The molecule has 2 heterocycles. The zero-order valence-electron chi connectivity index (χ0n) is 12.2. The third kappa shape index (κ3) is 3.18. The van der Waals surface area contributed by atoms with Crippen molar-refractivity contribution in [3.05, 3.63) is 23.0 Å². The lowest BCUT2D eigenvalue weighted by molar-refractivity contribution is -0.134. The number of nitrogens with zero attached hydrogens (tertiary/aromatic N) is 2. The van der Waals surface area contributed by atoms with Crippen molar-refractivity contribution < 1.29 is 19.1 Å². The Labute approximate surface area is 122 Å². The molecule has 0 saturated heterocycles.